The number of nitrogens with two attached hydrogens (primary N) is 1. The van der Waals surface area contributed by atoms with Gasteiger partial charge in [-0.05, 0) is 42.2 Å². The van der Waals surface area contributed by atoms with Crippen LogP contribution in [-0.4, -0.2) is 40.8 Å². The highest BCUT2D eigenvalue weighted by Gasteiger charge is 2.45. The van der Waals surface area contributed by atoms with Gasteiger partial charge in [0, 0.05) is 35.8 Å². The zero-order valence-electron chi connectivity index (χ0n) is 21.6. The van der Waals surface area contributed by atoms with Gasteiger partial charge in [0.05, 0.1) is 12.3 Å². The van der Waals surface area contributed by atoms with Crippen LogP contribution in [0.3, 0.4) is 0 Å². The molecule has 2 aliphatic rings. The molecule has 0 unspecified atom stereocenters. The summed E-state index contributed by atoms with van der Waals surface area (Å²) in [5.41, 5.74) is 8.13. The van der Waals surface area contributed by atoms with Crippen molar-refractivity contribution < 1.29 is 32.7 Å². The summed E-state index contributed by atoms with van der Waals surface area (Å²) in [7, 11) is 0. The molecule has 0 bridgehead atoms. The Kier molecular flexibility index (Phi) is 8.25. The average molecular weight is 544 g/mol. The molecule has 10 heteroatoms. The number of rotatable bonds is 10. The van der Waals surface area contributed by atoms with Crippen molar-refractivity contribution in [1.82, 2.24) is 5.32 Å². The third kappa shape index (κ3) is 6.92. The summed E-state index contributed by atoms with van der Waals surface area (Å²) >= 11 is 0. The summed E-state index contributed by atoms with van der Waals surface area (Å²) in [6, 6.07) is 14.2. The average Bonchev–Trinajstić information content (AvgIpc) is 3.64. The van der Waals surface area contributed by atoms with E-state index in [2.05, 4.69) is 10.3 Å². The molecular weight excluding hydrogens is 511 g/mol. The number of Topliss-reactive ketones (excluding diaryl/α,β-unsaturated/α-hetero) is 1. The number of nitrogens with zero attached hydrogens (tertiary/aromatic N) is 1. The second-order valence-electron chi connectivity index (χ2n) is 10.8. The van der Waals surface area contributed by atoms with Gasteiger partial charge in [-0.25, -0.2) is 0 Å². The van der Waals surface area contributed by atoms with Crippen molar-refractivity contribution in [3.63, 3.8) is 0 Å². The van der Waals surface area contributed by atoms with Crippen LogP contribution in [0.15, 0.2) is 53.5 Å². The highest BCUT2D eigenvalue weighted by molar-refractivity contribution is 6.16. The first-order chi connectivity index (χ1) is 18.4. The van der Waals surface area contributed by atoms with Gasteiger partial charge in [0.15, 0.2) is 11.9 Å². The lowest BCUT2D eigenvalue weighted by molar-refractivity contribution is -0.147. The lowest BCUT2D eigenvalue weighted by Crippen LogP contribution is -2.47. The molecule has 2 aromatic rings. The Morgan fingerprint density at radius 3 is 2.41 bits per heavy atom. The number of halogens is 3. The Morgan fingerprint density at radius 1 is 1.13 bits per heavy atom. The number of amides is 2. The largest absolute Gasteiger partial charge is 0.392 e. The van der Waals surface area contributed by atoms with E-state index in [0.29, 0.717) is 28.0 Å². The number of alkyl halides is 3. The fourth-order valence-electron chi connectivity index (χ4n) is 5.16. The normalized spacial score (nSPS) is 19.8. The van der Waals surface area contributed by atoms with Crippen molar-refractivity contribution in [1.29, 1.82) is 0 Å². The Bertz CT molecular complexity index is 1270. The maximum atomic E-state index is 13.5. The summed E-state index contributed by atoms with van der Waals surface area (Å²) in [6.07, 6.45) is -6.21. The minimum absolute atomic E-state index is 0.151. The molecular formula is C29H32F3N3O4. The SMILES string of the molecule is CC1(C[C@H](C(N)=O)[C@@H](CCC(F)(F)F)C(=O)N[C@H]2N=C(c3ccccc3)c3cccc(CO)c3CC2=O)CC1. The molecule has 1 fully saturated rings. The lowest BCUT2D eigenvalue weighted by atomic mass is 9.80. The lowest BCUT2D eigenvalue weighted by Gasteiger charge is -2.28. The molecule has 208 valence electrons. The number of benzene rings is 2. The van der Waals surface area contributed by atoms with Crippen LogP contribution in [-0.2, 0) is 27.4 Å². The highest BCUT2D eigenvalue weighted by Crippen LogP contribution is 2.51. The van der Waals surface area contributed by atoms with Crippen LogP contribution < -0.4 is 11.1 Å². The van der Waals surface area contributed by atoms with E-state index in [-0.39, 0.29) is 24.9 Å². The van der Waals surface area contributed by atoms with Gasteiger partial charge in [-0.3, -0.25) is 19.4 Å². The van der Waals surface area contributed by atoms with Crippen LogP contribution in [0.5, 0.6) is 0 Å². The van der Waals surface area contributed by atoms with Crippen LogP contribution >= 0.6 is 0 Å². The number of carbonyl (C=O) groups excluding carboxylic acids is 3. The van der Waals surface area contributed by atoms with Gasteiger partial charge in [-0.2, -0.15) is 13.2 Å². The van der Waals surface area contributed by atoms with Crippen molar-refractivity contribution in [3.05, 3.63) is 70.8 Å². The molecule has 0 radical (unpaired) electrons. The number of hydrogen-bond donors (Lipinski definition) is 3. The minimum atomic E-state index is -4.54. The molecule has 7 nitrogen and oxygen atoms in total. The molecule has 1 heterocycles. The number of carbonyl (C=O) groups is 3. The smallest absolute Gasteiger partial charge is 0.389 e. The third-order valence-electron chi connectivity index (χ3n) is 7.68. The van der Waals surface area contributed by atoms with Crippen LogP contribution in [0.2, 0.25) is 0 Å². The van der Waals surface area contributed by atoms with Crippen molar-refractivity contribution in [2.75, 3.05) is 0 Å². The first kappa shape index (κ1) is 28.5. The summed E-state index contributed by atoms with van der Waals surface area (Å²) in [6.45, 7) is 1.59. The highest BCUT2D eigenvalue weighted by atomic mass is 19.4. The van der Waals surface area contributed by atoms with Gasteiger partial charge >= 0.3 is 6.18 Å². The van der Waals surface area contributed by atoms with E-state index in [1.165, 1.54) is 0 Å². The molecule has 0 saturated heterocycles. The zero-order valence-corrected chi connectivity index (χ0v) is 21.6. The molecule has 39 heavy (non-hydrogen) atoms. The zero-order chi connectivity index (χ0) is 28.4. The first-order valence-electron chi connectivity index (χ1n) is 13.0. The topological polar surface area (TPSA) is 122 Å². The molecule has 0 spiro atoms. The molecule has 4 rings (SSSR count). The van der Waals surface area contributed by atoms with E-state index in [4.69, 9.17) is 5.73 Å². The fraction of sp³-hybridized carbons (Fsp3) is 0.448. The standard InChI is InChI=1S/C29H32F3N3O4/c1-28(12-13-28)15-22(25(33)38)20(10-11-29(30,31)32)27(39)35-26-23(37)14-21-18(16-36)8-5-9-19(21)24(34-26)17-6-3-2-4-7-17/h2-9,20,22,26,36H,10-16H2,1H3,(H2,33,38)(H,35,39)/t20-,22+,26-/m1/s1. The minimum Gasteiger partial charge on any atom is -0.392 e. The third-order valence-corrected chi connectivity index (χ3v) is 7.68. The summed E-state index contributed by atoms with van der Waals surface area (Å²) in [4.78, 5) is 43.9. The number of aliphatic imine (C=N–C) groups is 1. The number of nitrogens with one attached hydrogen (secondary N) is 1. The van der Waals surface area contributed by atoms with E-state index < -0.39 is 54.6 Å². The predicted molar refractivity (Wildman–Crippen MR) is 139 cm³/mol. The van der Waals surface area contributed by atoms with Crippen LogP contribution in [0.4, 0.5) is 13.2 Å². The van der Waals surface area contributed by atoms with Crippen molar-refractivity contribution in [3.8, 4) is 0 Å². The predicted octanol–water partition coefficient (Wildman–Crippen LogP) is 3.83. The second-order valence-corrected chi connectivity index (χ2v) is 10.8. The molecule has 1 aliphatic carbocycles. The number of primary amides is 1. The number of hydrogen-bond acceptors (Lipinski definition) is 5. The molecule has 2 aromatic carbocycles. The summed E-state index contributed by atoms with van der Waals surface area (Å²) in [5, 5.41) is 12.4. The first-order valence-corrected chi connectivity index (χ1v) is 13.0. The van der Waals surface area contributed by atoms with Gasteiger partial charge in [-0.1, -0.05) is 55.5 Å². The number of aliphatic hydroxyl groups is 1. The second kappa shape index (κ2) is 11.3. The Hall–Kier alpha value is -3.53. The van der Waals surface area contributed by atoms with E-state index in [1.807, 2.05) is 13.0 Å². The maximum Gasteiger partial charge on any atom is 0.389 e. The van der Waals surface area contributed by atoms with E-state index in [9.17, 15) is 32.7 Å². The van der Waals surface area contributed by atoms with Crippen LogP contribution in [0, 0.1) is 17.3 Å². The monoisotopic (exact) mass is 543 g/mol. The number of fused-ring (bicyclic) bond motifs is 1. The summed E-state index contributed by atoms with van der Waals surface area (Å²) in [5.74, 6) is -4.68. The Balaban J connectivity index is 1.70. The fourth-order valence-corrected chi connectivity index (χ4v) is 5.16. The van der Waals surface area contributed by atoms with Crippen LogP contribution in [0.25, 0.3) is 0 Å². The molecule has 2 amide bonds. The summed E-state index contributed by atoms with van der Waals surface area (Å²) < 4.78 is 39.6. The number of ketones is 1. The van der Waals surface area contributed by atoms with E-state index >= 15 is 0 Å². The molecule has 0 aromatic heterocycles. The van der Waals surface area contributed by atoms with Gasteiger partial charge in [-0.15, -0.1) is 0 Å². The van der Waals surface area contributed by atoms with E-state index in [1.54, 1.807) is 42.5 Å². The van der Waals surface area contributed by atoms with Crippen LogP contribution in [0.1, 0.15) is 61.3 Å². The Morgan fingerprint density at radius 2 is 1.82 bits per heavy atom. The van der Waals surface area contributed by atoms with E-state index in [0.717, 1.165) is 12.8 Å². The maximum absolute atomic E-state index is 13.5. The van der Waals surface area contributed by atoms with Gasteiger partial charge in [0.2, 0.25) is 11.8 Å². The van der Waals surface area contributed by atoms with Gasteiger partial charge < -0.3 is 16.2 Å². The number of aliphatic hydroxyl groups excluding tert-OH is 1. The quantitative estimate of drug-likeness (QED) is 0.422. The van der Waals surface area contributed by atoms with Crippen molar-refractivity contribution in [2.45, 2.75) is 64.4 Å². The van der Waals surface area contributed by atoms with Gasteiger partial charge in [0.25, 0.3) is 0 Å². The molecule has 4 N–H and O–H groups in total. The Labute approximate surface area is 224 Å². The van der Waals surface area contributed by atoms with Crippen molar-refractivity contribution in [2.24, 2.45) is 28.0 Å². The molecule has 3 atom stereocenters. The van der Waals surface area contributed by atoms with Crippen molar-refractivity contribution >= 4 is 23.3 Å². The van der Waals surface area contributed by atoms with Gasteiger partial charge in [0.1, 0.15) is 0 Å². The molecule has 1 aliphatic heterocycles. The molecule has 1 saturated carbocycles.